The summed E-state index contributed by atoms with van der Waals surface area (Å²) in [5.74, 6) is -2.92. The Kier molecular flexibility index (Phi) is 6.57. The van der Waals surface area contributed by atoms with Gasteiger partial charge in [-0.3, -0.25) is 19.3 Å². The molecule has 0 aliphatic carbocycles. The normalized spacial score (nSPS) is 15.2. The molecule has 7 nitrogen and oxygen atoms in total. The Morgan fingerprint density at radius 1 is 1.03 bits per heavy atom. The molecule has 0 radical (unpaired) electrons. The lowest BCUT2D eigenvalue weighted by molar-refractivity contribution is -0.137. The molecule has 3 amide bonds. The summed E-state index contributed by atoms with van der Waals surface area (Å²) in [5, 5.41) is 2.11. The minimum atomic E-state index is -4.68. The number of amides is 3. The zero-order chi connectivity index (χ0) is 24.5. The third kappa shape index (κ3) is 4.74. The van der Waals surface area contributed by atoms with Crippen molar-refractivity contribution in [1.82, 2.24) is 4.90 Å². The molecule has 174 valence electrons. The van der Waals surface area contributed by atoms with Crippen molar-refractivity contribution in [1.29, 1.82) is 0 Å². The van der Waals surface area contributed by atoms with Crippen molar-refractivity contribution in [3.05, 3.63) is 64.7 Å². The van der Waals surface area contributed by atoms with E-state index in [1.165, 1.54) is 37.3 Å². The van der Waals surface area contributed by atoms with Crippen LogP contribution in [0.2, 0.25) is 0 Å². The number of para-hydroxylation sites is 1. The third-order valence-electron chi connectivity index (χ3n) is 5.33. The highest BCUT2D eigenvalue weighted by atomic mass is 19.4. The first kappa shape index (κ1) is 24.0. The molecule has 10 heteroatoms. The number of rotatable bonds is 6. The van der Waals surface area contributed by atoms with Crippen molar-refractivity contribution < 1.29 is 37.1 Å². The van der Waals surface area contributed by atoms with Gasteiger partial charge in [0.25, 0.3) is 17.7 Å². The summed E-state index contributed by atoms with van der Waals surface area (Å²) in [5.41, 5.74) is -1.37. The molecule has 2 aromatic carbocycles. The number of carbonyl (C=O) groups is 4. The number of anilines is 1. The van der Waals surface area contributed by atoms with Crippen molar-refractivity contribution in [3.63, 3.8) is 0 Å². The van der Waals surface area contributed by atoms with Crippen LogP contribution in [0.15, 0.2) is 42.5 Å². The van der Waals surface area contributed by atoms with Crippen molar-refractivity contribution in [3.8, 4) is 0 Å². The smallest absolute Gasteiger partial charge is 0.418 e. The number of ether oxygens (including phenoxy) is 1. The second-order valence-electron chi connectivity index (χ2n) is 7.58. The molecule has 0 saturated carbocycles. The molecule has 0 fully saturated rings. The number of halogens is 3. The van der Waals surface area contributed by atoms with Crippen LogP contribution in [0.4, 0.5) is 18.9 Å². The van der Waals surface area contributed by atoms with Crippen molar-refractivity contribution in [2.24, 2.45) is 0 Å². The van der Waals surface area contributed by atoms with E-state index in [-0.39, 0.29) is 22.7 Å². The fraction of sp³-hybridized carbons (Fsp3) is 0.304. The molecule has 0 spiro atoms. The number of nitrogens with zero attached hydrogens (tertiary/aromatic N) is 1. The molecule has 2 atom stereocenters. The zero-order valence-corrected chi connectivity index (χ0v) is 18.0. The highest BCUT2D eigenvalue weighted by Crippen LogP contribution is 2.34. The Hall–Kier alpha value is -3.69. The maximum Gasteiger partial charge on any atom is 0.418 e. The van der Waals surface area contributed by atoms with Crippen molar-refractivity contribution in [2.45, 2.75) is 45.5 Å². The van der Waals surface area contributed by atoms with Crippen LogP contribution in [0.3, 0.4) is 0 Å². The Morgan fingerprint density at radius 3 is 2.30 bits per heavy atom. The van der Waals surface area contributed by atoms with E-state index in [0.29, 0.717) is 6.42 Å². The Morgan fingerprint density at radius 2 is 1.67 bits per heavy atom. The van der Waals surface area contributed by atoms with E-state index in [9.17, 15) is 32.3 Å². The van der Waals surface area contributed by atoms with E-state index in [0.717, 1.165) is 17.0 Å². The van der Waals surface area contributed by atoms with E-state index in [4.69, 9.17) is 4.74 Å². The molecule has 1 aliphatic heterocycles. The predicted molar refractivity (Wildman–Crippen MR) is 112 cm³/mol. The number of carbonyl (C=O) groups excluding carboxylic acids is 4. The summed E-state index contributed by atoms with van der Waals surface area (Å²) in [6, 6.07) is 7.92. The molecule has 2 aromatic rings. The van der Waals surface area contributed by atoms with Crippen molar-refractivity contribution >= 4 is 29.4 Å². The van der Waals surface area contributed by atoms with Gasteiger partial charge in [0.1, 0.15) is 0 Å². The topological polar surface area (TPSA) is 92.8 Å². The summed E-state index contributed by atoms with van der Waals surface area (Å²) in [4.78, 5) is 51.1. The highest BCUT2D eigenvalue weighted by molar-refractivity contribution is 6.22. The summed E-state index contributed by atoms with van der Waals surface area (Å²) in [6.45, 7) is 4.76. The molecule has 0 saturated heterocycles. The number of esters is 1. The maximum atomic E-state index is 13.1. The first-order valence-electron chi connectivity index (χ1n) is 10.2. The standard InChI is InChI=1S/C23H21F3N2O5/c1-4-12(2)28-20(30)15-10-9-14(11-16(15)21(28)31)22(32)33-13(3)19(29)27-18-8-6-5-7-17(18)23(24,25)26/h5-13H,4H2,1-3H3,(H,27,29). The fourth-order valence-corrected chi connectivity index (χ4v) is 3.33. The Balaban J connectivity index is 1.73. The Labute approximate surface area is 187 Å². The van der Waals surface area contributed by atoms with Crippen LogP contribution >= 0.6 is 0 Å². The van der Waals surface area contributed by atoms with Gasteiger partial charge in [-0.25, -0.2) is 4.79 Å². The van der Waals surface area contributed by atoms with Crippen molar-refractivity contribution in [2.75, 3.05) is 5.32 Å². The molecule has 0 bridgehead atoms. The lowest BCUT2D eigenvalue weighted by Crippen LogP contribution is -2.37. The minimum Gasteiger partial charge on any atom is -0.449 e. The summed E-state index contributed by atoms with van der Waals surface area (Å²) < 4.78 is 44.4. The Bertz CT molecular complexity index is 1130. The fourth-order valence-electron chi connectivity index (χ4n) is 3.33. The van der Waals surface area contributed by atoms with Crippen LogP contribution < -0.4 is 5.32 Å². The molecule has 33 heavy (non-hydrogen) atoms. The van der Waals surface area contributed by atoms with Gasteiger partial charge in [0, 0.05) is 6.04 Å². The number of hydrogen-bond acceptors (Lipinski definition) is 5. The molecule has 3 rings (SSSR count). The molecular formula is C23H21F3N2O5. The zero-order valence-electron chi connectivity index (χ0n) is 18.0. The summed E-state index contributed by atoms with van der Waals surface area (Å²) in [7, 11) is 0. The van der Waals surface area contributed by atoms with Crippen LogP contribution in [-0.4, -0.2) is 40.7 Å². The number of alkyl halides is 3. The lowest BCUT2D eigenvalue weighted by Gasteiger charge is -2.20. The highest BCUT2D eigenvalue weighted by Gasteiger charge is 2.38. The van der Waals surface area contributed by atoms with Gasteiger partial charge in [0.05, 0.1) is 27.9 Å². The monoisotopic (exact) mass is 462 g/mol. The molecule has 1 aliphatic rings. The molecule has 2 unspecified atom stereocenters. The molecule has 1 heterocycles. The van der Waals surface area contributed by atoms with Crippen LogP contribution in [0.25, 0.3) is 0 Å². The maximum absolute atomic E-state index is 13.1. The van der Waals surface area contributed by atoms with Crippen LogP contribution in [0, 0.1) is 0 Å². The van der Waals surface area contributed by atoms with Gasteiger partial charge in [-0.15, -0.1) is 0 Å². The van der Waals surface area contributed by atoms with E-state index in [1.807, 2.05) is 6.92 Å². The van der Waals surface area contributed by atoms with Gasteiger partial charge in [0.15, 0.2) is 6.10 Å². The second kappa shape index (κ2) is 9.05. The van der Waals surface area contributed by atoms with E-state index in [2.05, 4.69) is 5.32 Å². The van der Waals surface area contributed by atoms with Crippen LogP contribution in [0.1, 0.15) is 63.8 Å². The summed E-state index contributed by atoms with van der Waals surface area (Å²) in [6.07, 6.45) is -5.55. The van der Waals surface area contributed by atoms with Gasteiger partial charge < -0.3 is 10.1 Å². The first-order valence-corrected chi connectivity index (χ1v) is 10.2. The molecule has 1 N–H and O–H groups in total. The largest absolute Gasteiger partial charge is 0.449 e. The number of imide groups is 1. The van der Waals surface area contributed by atoms with Gasteiger partial charge in [0.2, 0.25) is 0 Å². The number of nitrogens with one attached hydrogen (secondary N) is 1. The SMILES string of the molecule is CCC(C)N1C(=O)c2ccc(C(=O)OC(C)C(=O)Nc3ccccc3C(F)(F)F)cc2C1=O. The number of hydrogen-bond donors (Lipinski definition) is 1. The molecular weight excluding hydrogens is 441 g/mol. The lowest BCUT2D eigenvalue weighted by atomic mass is 10.1. The third-order valence-corrected chi connectivity index (χ3v) is 5.33. The minimum absolute atomic E-state index is 0.0472. The van der Waals surface area contributed by atoms with Crippen LogP contribution in [-0.2, 0) is 15.7 Å². The van der Waals surface area contributed by atoms with Gasteiger partial charge in [-0.2, -0.15) is 13.2 Å². The second-order valence-corrected chi connectivity index (χ2v) is 7.58. The van der Waals surface area contributed by atoms with Gasteiger partial charge in [-0.05, 0) is 50.6 Å². The summed E-state index contributed by atoms with van der Waals surface area (Å²) >= 11 is 0. The van der Waals surface area contributed by atoms with E-state index in [1.54, 1.807) is 6.92 Å². The van der Waals surface area contributed by atoms with E-state index < -0.39 is 47.2 Å². The average molecular weight is 462 g/mol. The van der Waals surface area contributed by atoms with Gasteiger partial charge in [-0.1, -0.05) is 19.1 Å². The number of fused-ring (bicyclic) bond motifs is 1. The van der Waals surface area contributed by atoms with Gasteiger partial charge >= 0.3 is 12.1 Å². The first-order chi connectivity index (χ1) is 15.5. The quantitative estimate of drug-likeness (QED) is 0.511. The molecule has 0 aromatic heterocycles. The van der Waals surface area contributed by atoms with Crippen LogP contribution in [0.5, 0.6) is 0 Å². The average Bonchev–Trinajstić information content (AvgIpc) is 3.02. The van der Waals surface area contributed by atoms with E-state index >= 15 is 0 Å². The number of benzene rings is 2. The predicted octanol–water partition coefficient (Wildman–Crippen LogP) is 4.28.